The van der Waals surface area contributed by atoms with E-state index in [4.69, 9.17) is 14.2 Å². The van der Waals surface area contributed by atoms with Gasteiger partial charge < -0.3 is 19.3 Å². The molecule has 1 N–H and O–H groups in total. The van der Waals surface area contributed by atoms with Crippen molar-refractivity contribution in [1.29, 1.82) is 0 Å². The lowest BCUT2D eigenvalue weighted by molar-refractivity contribution is -0.105. The van der Waals surface area contributed by atoms with E-state index < -0.39 is 11.8 Å². The molecule has 1 aliphatic rings. The van der Waals surface area contributed by atoms with Gasteiger partial charge in [-0.15, -0.1) is 0 Å². The molecule has 0 fully saturated rings. The molecule has 1 aliphatic heterocycles. The molecule has 2 rings (SSSR count). The Morgan fingerprint density at radius 3 is 2.59 bits per heavy atom. The summed E-state index contributed by atoms with van der Waals surface area (Å²) in [5.41, 5.74) is 0.420. The Bertz CT molecular complexity index is 507. The van der Waals surface area contributed by atoms with Crippen LogP contribution in [-0.4, -0.2) is 42.4 Å². The van der Waals surface area contributed by atoms with E-state index in [0.29, 0.717) is 25.6 Å². The average Bonchev–Trinajstić information content (AvgIpc) is 2.51. The van der Waals surface area contributed by atoms with Gasteiger partial charge in [-0.1, -0.05) is 22.4 Å². The van der Waals surface area contributed by atoms with Crippen LogP contribution in [0.15, 0.2) is 18.2 Å². The highest BCUT2D eigenvalue weighted by molar-refractivity contribution is 7.13. The van der Waals surface area contributed by atoms with Crippen LogP contribution < -0.4 is 9.47 Å². The summed E-state index contributed by atoms with van der Waals surface area (Å²) >= 11 is 0. The Balaban J connectivity index is 2.00. The third-order valence-electron chi connectivity index (χ3n) is 4.00. The molecule has 0 amide bonds. The van der Waals surface area contributed by atoms with Crippen LogP contribution in [0.3, 0.4) is 0 Å². The fourth-order valence-electron chi connectivity index (χ4n) is 2.10. The normalized spacial score (nSPS) is 17.4. The van der Waals surface area contributed by atoms with E-state index in [2.05, 4.69) is 9.39 Å². The minimum Gasteiger partial charge on any atom is -0.486 e. The number of fused-ring (bicyclic) bond motifs is 1. The van der Waals surface area contributed by atoms with Gasteiger partial charge in [0.25, 0.3) is 0 Å². The summed E-state index contributed by atoms with van der Waals surface area (Å²) in [5.74, 6) is 1.39. The SMILES string of the molecule is C[C@H](COC(C)(C)N(C)P)[C@H](O)c1ccc2c(c1)OCCO2. The zero-order valence-electron chi connectivity index (χ0n) is 13.7. The minimum atomic E-state index is -0.610. The van der Waals surface area contributed by atoms with Gasteiger partial charge in [-0.05, 0) is 38.6 Å². The number of aliphatic hydroxyl groups excluding tert-OH is 1. The van der Waals surface area contributed by atoms with Crippen LogP contribution >= 0.6 is 9.39 Å². The number of rotatable bonds is 6. The molecule has 1 unspecified atom stereocenters. The van der Waals surface area contributed by atoms with Gasteiger partial charge in [0.1, 0.15) is 18.9 Å². The van der Waals surface area contributed by atoms with Crippen LogP contribution in [0, 0.1) is 5.92 Å². The highest BCUT2D eigenvalue weighted by Crippen LogP contribution is 2.34. The van der Waals surface area contributed by atoms with Crippen molar-refractivity contribution >= 4 is 9.39 Å². The van der Waals surface area contributed by atoms with Gasteiger partial charge in [-0.2, -0.15) is 0 Å². The third kappa shape index (κ3) is 4.11. The van der Waals surface area contributed by atoms with Gasteiger partial charge in [-0.3, -0.25) is 4.67 Å². The average molecular weight is 327 g/mol. The summed E-state index contributed by atoms with van der Waals surface area (Å²) in [5, 5.41) is 10.5. The maximum atomic E-state index is 10.5. The first-order valence-corrected chi connectivity index (χ1v) is 8.03. The van der Waals surface area contributed by atoms with Gasteiger partial charge in [0.15, 0.2) is 11.5 Å². The monoisotopic (exact) mass is 327 g/mol. The number of ether oxygens (including phenoxy) is 3. The molecule has 1 aromatic carbocycles. The molecule has 0 saturated heterocycles. The molecule has 5 nitrogen and oxygen atoms in total. The lowest BCUT2D eigenvalue weighted by atomic mass is 9.97. The Morgan fingerprint density at radius 2 is 1.95 bits per heavy atom. The second kappa shape index (κ2) is 7.14. The van der Waals surface area contributed by atoms with Gasteiger partial charge in [0, 0.05) is 5.92 Å². The lowest BCUT2D eigenvalue weighted by Gasteiger charge is -2.34. The number of hydrogen-bond acceptors (Lipinski definition) is 5. The van der Waals surface area contributed by atoms with E-state index in [1.807, 2.05) is 50.7 Å². The highest BCUT2D eigenvalue weighted by atomic mass is 31.0. The third-order valence-corrected chi connectivity index (χ3v) is 4.62. The second-order valence-electron chi connectivity index (χ2n) is 6.19. The van der Waals surface area contributed by atoms with Crippen LogP contribution in [0.1, 0.15) is 32.4 Å². The van der Waals surface area contributed by atoms with E-state index >= 15 is 0 Å². The Labute approximate surface area is 134 Å². The molecular weight excluding hydrogens is 301 g/mol. The van der Waals surface area contributed by atoms with Crippen LogP contribution in [0.2, 0.25) is 0 Å². The smallest absolute Gasteiger partial charge is 0.161 e. The minimum absolute atomic E-state index is 0.0354. The first-order valence-electron chi connectivity index (χ1n) is 7.51. The molecule has 0 radical (unpaired) electrons. The van der Waals surface area contributed by atoms with Crippen LogP contribution in [-0.2, 0) is 4.74 Å². The summed E-state index contributed by atoms with van der Waals surface area (Å²) in [6.45, 7) is 7.52. The summed E-state index contributed by atoms with van der Waals surface area (Å²) in [7, 11) is 4.54. The summed E-state index contributed by atoms with van der Waals surface area (Å²) < 4.78 is 18.9. The van der Waals surface area contributed by atoms with Crippen molar-refractivity contribution in [3.05, 3.63) is 23.8 Å². The van der Waals surface area contributed by atoms with Crippen molar-refractivity contribution in [3.8, 4) is 11.5 Å². The molecule has 3 atom stereocenters. The Kier molecular flexibility index (Phi) is 5.67. The van der Waals surface area contributed by atoms with E-state index in [1.54, 1.807) is 0 Å². The molecular formula is C16H26NO4P. The number of benzene rings is 1. The van der Waals surface area contributed by atoms with Crippen molar-refractivity contribution in [1.82, 2.24) is 4.67 Å². The molecule has 6 heteroatoms. The maximum Gasteiger partial charge on any atom is 0.161 e. The van der Waals surface area contributed by atoms with Crippen molar-refractivity contribution in [2.45, 2.75) is 32.6 Å². The van der Waals surface area contributed by atoms with Crippen molar-refractivity contribution < 1.29 is 19.3 Å². The largest absolute Gasteiger partial charge is 0.486 e. The summed E-state index contributed by atoms with van der Waals surface area (Å²) in [6.07, 6.45) is -0.610. The molecule has 1 aromatic rings. The lowest BCUT2D eigenvalue weighted by Crippen LogP contribution is -2.38. The van der Waals surface area contributed by atoms with Crippen LogP contribution in [0.25, 0.3) is 0 Å². The van der Waals surface area contributed by atoms with E-state index in [9.17, 15) is 5.11 Å². The standard InChI is InChI=1S/C16H26NO4P/c1-11(10-21-16(2,3)17(4)22)15(18)12-5-6-13-14(9-12)20-8-7-19-13/h5-6,9,11,15,18H,7-8,10,22H2,1-4H3/t11-,15+/m1/s1. The highest BCUT2D eigenvalue weighted by Gasteiger charge is 2.25. The van der Waals surface area contributed by atoms with Gasteiger partial charge in [0.2, 0.25) is 0 Å². The molecule has 1 heterocycles. The molecule has 0 bridgehead atoms. The quantitative estimate of drug-likeness (QED) is 0.643. The van der Waals surface area contributed by atoms with Crippen LogP contribution in [0.4, 0.5) is 0 Å². The maximum absolute atomic E-state index is 10.5. The zero-order chi connectivity index (χ0) is 16.3. The zero-order valence-corrected chi connectivity index (χ0v) is 14.9. The number of aliphatic hydroxyl groups is 1. The topological polar surface area (TPSA) is 51.2 Å². The van der Waals surface area contributed by atoms with E-state index in [1.165, 1.54) is 0 Å². The molecule has 0 spiro atoms. The van der Waals surface area contributed by atoms with Gasteiger partial charge in [-0.25, -0.2) is 0 Å². The first-order chi connectivity index (χ1) is 10.3. The Hall–Kier alpha value is -0.870. The number of nitrogens with zero attached hydrogens (tertiary/aromatic N) is 1. The van der Waals surface area contributed by atoms with E-state index in [-0.39, 0.29) is 5.92 Å². The second-order valence-corrected chi connectivity index (χ2v) is 6.97. The Morgan fingerprint density at radius 1 is 1.32 bits per heavy atom. The summed E-state index contributed by atoms with van der Waals surface area (Å²) in [6, 6.07) is 5.57. The fourth-order valence-corrected chi connectivity index (χ4v) is 2.18. The van der Waals surface area contributed by atoms with Gasteiger partial charge in [0.05, 0.1) is 12.7 Å². The van der Waals surface area contributed by atoms with Gasteiger partial charge >= 0.3 is 0 Å². The molecule has 124 valence electrons. The van der Waals surface area contributed by atoms with Crippen molar-refractivity contribution in [2.24, 2.45) is 5.92 Å². The van der Waals surface area contributed by atoms with Crippen LogP contribution in [0.5, 0.6) is 11.5 Å². The molecule has 0 saturated carbocycles. The molecule has 0 aliphatic carbocycles. The van der Waals surface area contributed by atoms with Crippen molar-refractivity contribution in [3.63, 3.8) is 0 Å². The summed E-state index contributed by atoms with van der Waals surface area (Å²) in [4.78, 5) is 0. The predicted molar refractivity (Wildman–Crippen MR) is 89.1 cm³/mol. The van der Waals surface area contributed by atoms with Crippen molar-refractivity contribution in [2.75, 3.05) is 26.9 Å². The molecule has 0 aromatic heterocycles. The molecule has 22 heavy (non-hydrogen) atoms. The predicted octanol–water partition coefficient (Wildman–Crippen LogP) is 2.60. The first kappa shape index (κ1) is 17.5. The van der Waals surface area contributed by atoms with E-state index in [0.717, 1.165) is 11.3 Å². The number of hydrogen-bond donors (Lipinski definition) is 1. The fraction of sp³-hybridized carbons (Fsp3) is 0.625.